The number of nitriles is 4. The van der Waals surface area contributed by atoms with E-state index >= 15 is 0 Å². The van der Waals surface area contributed by atoms with Crippen LogP contribution in [0.4, 0.5) is 0 Å². The SMILES string of the molecule is N#CC(C#N)=c1c(=O)c1=C(C#N)C#N. The first-order chi connectivity index (χ1) is 6.71. The van der Waals surface area contributed by atoms with E-state index in [-0.39, 0.29) is 21.6 Å². The van der Waals surface area contributed by atoms with E-state index in [1.165, 1.54) is 24.3 Å². The highest BCUT2D eigenvalue weighted by molar-refractivity contribution is 5.80. The summed E-state index contributed by atoms with van der Waals surface area (Å²) in [6.45, 7) is 0. The van der Waals surface area contributed by atoms with Gasteiger partial charge in [0.05, 0.1) is 10.4 Å². The fourth-order valence-electron chi connectivity index (χ4n) is 0.921. The molecule has 0 N–H and O–H groups in total. The average Bonchev–Trinajstić information content (AvgIpc) is 2.83. The largest absolute Gasteiger partial charge is 0.288 e. The third kappa shape index (κ3) is 1.12. The van der Waals surface area contributed by atoms with Crippen LogP contribution in [0.25, 0.3) is 11.1 Å². The first-order valence-corrected chi connectivity index (χ1v) is 3.35. The summed E-state index contributed by atoms with van der Waals surface area (Å²) in [5, 5.41) is 33.5. The molecule has 0 saturated heterocycles. The molecule has 0 spiro atoms. The molecule has 0 fully saturated rings. The van der Waals surface area contributed by atoms with Gasteiger partial charge in [0.15, 0.2) is 5.43 Å². The molecule has 1 aromatic carbocycles. The van der Waals surface area contributed by atoms with Crippen LogP contribution in [0.5, 0.6) is 0 Å². The van der Waals surface area contributed by atoms with Gasteiger partial charge in [0.25, 0.3) is 0 Å². The van der Waals surface area contributed by atoms with Crippen molar-refractivity contribution in [2.24, 2.45) is 0 Å². The molecule has 0 radical (unpaired) electrons. The van der Waals surface area contributed by atoms with Gasteiger partial charge in [-0.3, -0.25) is 4.79 Å². The summed E-state index contributed by atoms with van der Waals surface area (Å²) >= 11 is 0. The molecule has 1 aromatic rings. The summed E-state index contributed by atoms with van der Waals surface area (Å²) in [7, 11) is 0. The van der Waals surface area contributed by atoms with Gasteiger partial charge in [-0.1, -0.05) is 0 Å². The van der Waals surface area contributed by atoms with Crippen LogP contribution in [0, 0.1) is 45.3 Å². The van der Waals surface area contributed by atoms with E-state index in [1.54, 1.807) is 0 Å². The summed E-state index contributed by atoms with van der Waals surface area (Å²) in [5.74, 6) is 0. The molecular formula is C9N4O. The van der Waals surface area contributed by atoms with Crippen LogP contribution < -0.4 is 15.9 Å². The molecule has 62 valence electrons. The summed E-state index contributed by atoms with van der Waals surface area (Å²) in [5.41, 5.74) is -1.28. The topological polar surface area (TPSA) is 112 Å². The number of hydrogen-bond acceptors (Lipinski definition) is 5. The van der Waals surface area contributed by atoms with E-state index in [0.29, 0.717) is 0 Å². The maximum Gasteiger partial charge on any atom is 0.198 e. The van der Waals surface area contributed by atoms with Crippen LogP contribution in [0.2, 0.25) is 0 Å². The van der Waals surface area contributed by atoms with Crippen molar-refractivity contribution in [3.05, 3.63) is 20.7 Å². The normalized spacial score (nSPS) is 8.00. The van der Waals surface area contributed by atoms with Gasteiger partial charge in [-0.15, -0.1) is 0 Å². The molecule has 0 saturated carbocycles. The van der Waals surface area contributed by atoms with Crippen molar-refractivity contribution < 1.29 is 0 Å². The molecule has 1 rings (SSSR count). The van der Waals surface area contributed by atoms with E-state index < -0.39 is 5.43 Å². The predicted molar refractivity (Wildman–Crippen MR) is 43.6 cm³/mol. The van der Waals surface area contributed by atoms with Gasteiger partial charge in [0.2, 0.25) is 0 Å². The minimum atomic E-state index is -0.568. The molecule has 5 nitrogen and oxygen atoms in total. The molecule has 14 heavy (non-hydrogen) atoms. The zero-order valence-corrected chi connectivity index (χ0v) is 6.70. The van der Waals surface area contributed by atoms with Gasteiger partial charge in [0, 0.05) is 0 Å². The Bertz CT molecular complexity index is 596. The van der Waals surface area contributed by atoms with Crippen molar-refractivity contribution in [1.29, 1.82) is 21.0 Å². The second-order valence-electron chi connectivity index (χ2n) is 2.28. The minimum Gasteiger partial charge on any atom is -0.288 e. The van der Waals surface area contributed by atoms with Gasteiger partial charge < -0.3 is 0 Å². The quantitative estimate of drug-likeness (QED) is 0.473. The first-order valence-electron chi connectivity index (χ1n) is 3.35. The zero-order valence-electron chi connectivity index (χ0n) is 6.70. The maximum atomic E-state index is 11.0. The van der Waals surface area contributed by atoms with Crippen molar-refractivity contribution in [2.75, 3.05) is 0 Å². The molecule has 0 atom stereocenters. The highest BCUT2D eigenvalue weighted by Gasteiger charge is 2.16. The molecule has 0 aromatic heterocycles. The Morgan fingerprint density at radius 2 is 1.07 bits per heavy atom. The van der Waals surface area contributed by atoms with Crippen LogP contribution in [-0.2, 0) is 0 Å². The van der Waals surface area contributed by atoms with E-state index in [0.717, 1.165) is 0 Å². The second kappa shape index (κ2) is 3.23. The Balaban J connectivity index is 3.80. The van der Waals surface area contributed by atoms with Crippen LogP contribution in [0.15, 0.2) is 4.79 Å². The second-order valence-corrected chi connectivity index (χ2v) is 2.28. The Morgan fingerprint density at radius 1 is 0.786 bits per heavy atom. The maximum absolute atomic E-state index is 11.0. The molecule has 0 bridgehead atoms. The summed E-state index contributed by atoms with van der Waals surface area (Å²) in [6.07, 6.45) is 0. The van der Waals surface area contributed by atoms with Gasteiger partial charge in [-0.05, 0) is 0 Å². The lowest BCUT2D eigenvalue weighted by Gasteiger charge is -1.68. The lowest BCUT2D eigenvalue weighted by atomic mass is 10.3. The smallest absolute Gasteiger partial charge is 0.198 e. The molecule has 0 amide bonds. The van der Waals surface area contributed by atoms with E-state index in [1.807, 2.05) is 0 Å². The molecule has 5 heteroatoms. The van der Waals surface area contributed by atoms with Crippen LogP contribution in [0.3, 0.4) is 0 Å². The summed E-state index contributed by atoms with van der Waals surface area (Å²) in [4.78, 5) is 11.0. The van der Waals surface area contributed by atoms with Crippen LogP contribution in [0.1, 0.15) is 0 Å². The third-order valence-corrected chi connectivity index (χ3v) is 1.59. The number of hydrogen-bond donors (Lipinski definition) is 0. The van der Waals surface area contributed by atoms with Crippen LogP contribution in [-0.4, -0.2) is 0 Å². The highest BCUT2D eigenvalue weighted by atomic mass is 16.1. The Hall–Kier alpha value is -2.89. The van der Waals surface area contributed by atoms with Crippen LogP contribution >= 0.6 is 0 Å². The third-order valence-electron chi connectivity index (χ3n) is 1.59. The Kier molecular flexibility index (Phi) is 2.12. The van der Waals surface area contributed by atoms with Gasteiger partial charge in [0.1, 0.15) is 35.4 Å². The fraction of sp³-hybridized carbons (Fsp3) is 0. The lowest BCUT2D eigenvalue weighted by molar-refractivity contribution is 1.50. The minimum absolute atomic E-state index is 0.104. The van der Waals surface area contributed by atoms with E-state index in [4.69, 9.17) is 21.0 Å². The number of nitrogens with zero attached hydrogens (tertiary/aromatic N) is 4. The van der Waals surface area contributed by atoms with Gasteiger partial charge >= 0.3 is 0 Å². The average molecular weight is 180 g/mol. The molecule has 0 aliphatic carbocycles. The summed E-state index contributed by atoms with van der Waals surface area (Å²) < 4.78 is 0. The standard InChI is InChI=1S/C9N4O/c10-1-5(2-11)7-8(9(7)14)6(3-12)4-13. The molecule has 0 unspecified atom stereocenters. The number of rotatable bonds is 0. The van der Waals surface area contributed by atoms with Crippen molar-refractivity contribution >= 4 is 11.1 Å². The van der Waals surface area contributed by atoms with Gasteiger partial charge in [-0.25, -0.2) is 0 Å². The zero-order chi connectivity index (χ0) is 10.7. The fourth-order valence-corrected chi connectivity index (χ4v) is 0.921. The monoisotopic (exact) mass is 180 g/mol. The predicted octanol–water partition coefficient (Wildman–Crippen LogP) is -1.68. The first kappa shape index (κ1) is 9.20. The van der Waals surface area contributed by atoms with Crippen molar-refractivity contribution in [3.8, 4) is 24.3 Å². The van der Waals surface area contributed by atoms with E-state index in [9.17, 15) is 4.79 Å². The highest BCUT2D eigenvalue weighted by Crippen LogP contribution is 1.86. The van der Waals surface area contributed by atoms with Gasteiger partial charge in [-0.2, -0.15) is 21.0 Å². The Labute approximate surface area is 77.9 Å². The molecular weight excluding hydrogens is 180 g/mol. The molecule has 0 aliphatic heterocycles. The van der Waals surface area contributed by atoms with Crippen molar-refractivity contribution in [3.63, 3.8) is 0 Å². The van der Waals surface area contributed by atoms with Crippen molar-refractivity contribution in [1.82, 2.24) is 0 Å². The Morgan fingerprint density at radius 3 is 1.29 bits per heavy atom. The lowest BCUT2D eigenvalue weighted by Crippen LogP contribution is -2.04. The molecule has 0 heterocycles. The van der Waals surface area contributed by atoms with E-state index in [2.05, 4.69) is 0 Å². The molecule has 0 aliphatic rings. The summed E-state index contributed by atoms with van der Waals surface area (Å²) in [6, 6.07) is 6.09. The van der Waals surface area contributed by atoms with Crippen molar-refractivity contribution in [2.45, 2.75) is 0 Å².